The lowest BCUT2D eigenvalue weighted by atomic mass is 10.0. The van der Waals surface area contributed by atoms with Crippen LogP contribution < -0.4 is 5.32 Å². The number of nitrogens with zero attached hydrogens (tertiary/aromatic N) is 1. The van der Waals surface area contributed by atoms with Gasteiger partial charge in [-0.15, -0.1) is 0 Å². The Morgan fingerprint density at radius 1 is 1.56 bits per heavy atom. The predicted octanol–water partition coefficient (Wildman–Crippen LogP) is 2.37. The highest BCUT2D eigenvalue weighted by Crippen LogP contribution is 2.28. The van der Waals surface area contributed by atoms with Gasteiger partial charge in [0.25, 0.3) is 0 Å². The van der Waals surface area contributed by atoms with Crippen molar-refractivity contribution in [1.29, 1.82) is 5.26 Å². The molecule has 1 aromatic carbocycles. The van der Waals surface area contributed by atoms with E-state index in [1.165, 1.54) is 6.07 Å². The molecule has 0 aliphatic rings. The van der Waals surface area contributed by atoms with Crippen LogP contribution in [0.5, 0.6) is 5.75 Å². The molecule has 0 fully saturated rings. The van der Waals surface area contributed by atoms with Crippen LogP contribution in [0.4, 0.5) is 5.69 Å². The van der Waals surface area contributed by atoms with Crippen LogP contribution in [0.1, 0.15) is 31.7 Å². The lowest BCUT2D eigenvalue weighted by molar-refractivity contribution is -0.115. The summed E-state index contributed by atoms with van der Waals surface area (Å²) in [6.45, 7) is 3.95. The van der Waals surface area contributed by atoms with E-state index in [-0.39, 0.29) is 24.0 Å². The highest BCUT2D eigenvalue weighted by Gasteiger charge is 2.07. The molecule has 0 saturated carbocycles. The molecule has 0 radical (unpaired) electrons. The normalized spacial score (nSPS) is 9.88. The van der Waals surface area contributed by atoms with Gasteiger partial charge in [-0.2, -0.15) is 5.26 Å². The Kier molecular flexibility index (Phi) is 3.90. The molecule has 0 unspecified atom stereocenters. The predicted molar refractivity (Wildman–Crippen MR) is 61.1 cm³/mol. The van der Waals surface area contributed by atoms with Crippen molar-refractivity contribution in [3.8, 4) is 11.8 Å². The monoisotopic (exact) mass is 218 g/mol. The first-order chi connectivity index (χ1) is 7.54. The number of amides is 1. The Morgan fingerprint density at radius 2 is 2.25 bits per heavy atom. The number of hydrogen-bond acceptors (Lipinski definition) is 3. The van der Waals surface area contributed by atoms with Crippen LogP contribution in [-0.4, -0.2) is 11.0 Å². The summed E-state index contributed by atoms with van der Waals surface area (Å²) >= 11 is 0. The molecule has 1 amide bonds. The maximum atomic E-state index is 11.1. The Labute approximate surface area is 94.5 Å². The third-order valence-electron chi connectivity index (χ3n) is 2.18. The van der Waals surface area contributed by atoms with E-state index < -0.39 is 0 Å². The number of phenolic OH excluding ortho intramolecular Hbond substituents is 1. The number of aromatic hydroxyl groups is 1. The summed E-state index contributed by atoms with van der Waals surface area (Å²) in [6, 6.07) is 6.73. The lowest BCUT2D eigenvalue weighted by Gasteiger charge is -2.10. The molecule has 0 heterocycles. The van der Waals surface area contributed by atoms with E-state index in [0.717, 1.165) is 5.56 Å². The minimum atomic E-state index is -0.376. The van der Waals surface area contributed by atoms with Gasteiger partial charge in [0.1, 0.15) is 12.2 Å². The van der Waals surface area contributed by atoms with Gasteiger partial charge in [0.15, 0.2) is 0 Å². The molecule has 4 nitrogen and oxygen atoms in total. The van der Waals surface area contributed by atoms with Crippen molar-refractivity contribution in [2.24, 2.45) is 0 Å². The fourth-order valence-electron chi connectivity index (χ4n) is 1.39. The van der Waals surface area contributed by atoms with Crippen LogP contribution >= 0.6 is 0 Å². The molecule has 0 saturated heterocycles. The second-order valence-electron chi connectivity index (χ2n) is 3.81. The van der Waals surface area contributed by atoms with Gasteiger partial charge in [-0.3, -0.25) is 4.79 Å². The second kappa shape index (κ2) is 5.17. The van der Waals surface area contributed by atoms with E-state index >= 15 is 0 Å². The standard InChI is InChI=1S/C12H14N2O2/c1-8(2)10-4-3-9(7-11(10)15)14-12(16)5-6-13/h3-4,7-8,15H,5H2,1-2H3,(H,14,16). The maximum absolute atomic E-state index is 11.1. The third kappa shape index (κ3) is 2.99. The van der Waals surface area contributed by atoms with Crippen LogP contribution in [0.15, 0.2) is 18.2 Å². The zero-order valence-electron chi connectivity index (χ0n) is 9.32. The number of nitriles is 1. The number of nitrogens with one attached hydrogen (secondary N) is 1. The minimum Gasteiger partial charge on any atom is -0.508 e. The smallest absolute Gasteiger partial charge is 0.238 e. The Balaban J connectivity index is 2.82. The molecule has 84 valence electrons. The maximum Gasteiger partial charge on any atom is 0.238 e. The van der Waals surface area contributed by atoms with Crippen LogP contribution in [0.3, 0.4) is 0 Å². The Hall–Kier alpha value is -2.02. The number of anilines is 1. The molecule has 1 aromatic rings. The molecule has 0 aliphatic heterocycles. The van der Waals surface area contributed by atoms with Crippen molar-refractivity contribution in [3.05, 3.63) is 23.8 Å². The Morgan fingerprint density at radius 3 is 2.75 bits per heavy atom. The molecule has 0 spiro atoms. The molecule has 4 heteroatoms. The van der Waals surface area contributed by atoms with Gasteiger partial charge in [-0.25, -0.2) is 0 Å². The number of carbonyl (C=O) groups is 1. The largest absolute Gasteiger partial charge is 0.508 e. The molecule has 2 N–H and O–H groups in total. The van der Waals surface area contributed by atoms with E-state index in [2.05, 4.69) is 5.32 Å². The van der Waals surface area contributed by atoms with Crippen molar-refractivity contribution in [2.45, 2.75) is 26.2 Å². The molecule has 0 bridgehead atoms. The number of carbonyl (C=O) groups excluding carboxylic acids is 1. The third-order valence-corrected chi connectivity index (χ3v) is 2.18. The second-order valence-corrected chi connectivity index (χ2v) is 3.81. The SMILES string of the molecule is CC(C)c1ccc(NC(=O)CC#N)cc1O. The topological polar surface area (TPSA) is 73.1 Å². The lowest BCUT2D eigenvalue weighted by Crippen LogP contribution is -2.10. The number of phenols is 1. The first kappa shape index (κ1) is 12.1. The zero-order chi connectivity index (χ0) is 12.1. The quantitative estimate of drug-likeness (QED) is 0.817. The van der Waals surface area contributed by atoms with E-state index in [1.807, 2.05) is 13.8 Å². The van der Waals surface area contributed by atoms with Gasteiger partial charge in [0, 0.05) is 11.8 Å². The summed E-state index contributed by atoms with van der Waals surface area (Å²) in [5.41, 5.74) is 1.33. The summed E-state index contributed by atoms with van der Waals surface area (Å²) in [5, 5.41) is 20.5. The molecule has 16 heavy (non-hydrogen) atoms. The van der Waals surface area contributed by atoms with Crippen molar-refractivity contribution in [2.75, 3.05) is 5.32 Å². The van der Waals surface area contributed by atoms with Crippen LogP contribution in [0.25, 0.3) is 0 Å². The summed E-state index contributed by atoms with van der Waals surface area (Å²) in [7, 11) is 0. The van der Waals surface area contributed by atoms with E-state index in [0.29, 0.717) is 5.69 Å². The average Bonchev–Trinajstić information content (AvgIpc) is 2.17. The van der Waals surface area contributed by atoms with Gasteiger partial charge in [-0.1, -0.05) is 19.9 Å². The fourth-order valence-corrected chi connectivity index (χ4v) is 1.39. The number of hydrogen-bond donors (Lipinski definition) is 2. The van der Waals surface area contributed by atoms with E-state index in [9.17, 15) is 9.90 Å². The minimum absolute atomic E-state index is 0.157. The number of benzene rings is 1. The summed E-state index contributed by atoms with van der Waals surface area (Å²) in [6.07, 6.45) is -0.188. The first-order valence-corrected chi connectivity index (χ1v) is 5.04. The van der Waals surface area contributed by atoms with E-state index in [1.54, 1.807) is 18.2 Å². The Bertz CT molecular complexity index is 433. The van der Waals surface area contributed by atoms with Crippen molar-refractivity contribution < 1.29 is 9.90 Å². The van der Waals surface area contributed by atoms with Crippen LogP contribution in [-0.2, 0) is 4.79 Å². The average molecular weight is 218 g/mol. The van der Waals surface area contributed by atoms with Crippen LogP contribution in [0, 0.1) is 11.3 Å². The zero-order valence-corrected chi connectivity index (χ0v) is 9.32. The highest BCUT2D eigenvalue weighted by molar-refractivity contribution is 5.92. The van der Waals surface area contributed by atoms with E-state index in [4.69, 9.17) is 5.26 Å². The van der Waals surface area contributed by atoms with Gasteiger partial charge in [-0.05, 0) is 17.5 Å². The fraction of sp³-hybridized carbons (Fsp3) is 0.333. The molecular weight excluding hydrogens is 204 g/mol. The molecule has 0 aromatic heterocycles. The van der Waals surface area contributed by atoms with Gasteiger partial charge in [0.05, 0.1) is 6.07 Å². The molecule has 1 rings (SSSR count). The molecular formula is C12H14N2O2. The number of rotatable bonds is 3. The highest BCUT2D eigenvalue weighted by atomic mass is 16.3. The van der Waals surface area contributed by atoms with Crippen molar-refractivity contribution in [1.82, 2.24) is 0 Å². The van der Waals surface area contributed by atoms with Gasteiger partial charge < -0.3 is 10.4 Å². The van der Waals surface area contributed by atoms with Crippen molar-refractivity contribution in [3.63, 3.8) is 0 Å². The summed E-state index contributed by atoms with van der Waals surface area (Å²) in [5.74, 6) is 0.00724. The van der Waals surface area contributed by atoms with Gasteiger partial charge >= 0.3 is 0 Å². The molecule has 0 aliphatic carbocycles. The van der Waals surface area contributed by atoms with Gasteiger partial charge in [0.2, 0.25) is 5.91 Å². The van der Waals surface area contributed by atoms with Crippen molar-refractivity contribution >= 4 is 11.6 Å². The summed E-state index contributed by atoms with van der Waals surface area (Å²) in [4.78, 5) is 11.1. The molecule has 0 atom stereocenters. The summed E-state index contributed by atoms with van der Waals surface area (Å²) < 4.78 is 0. The first-order valence-electron chi connectivity index (χ1n) is 5.04. The van der Waals surface area contributed by atoms with Crippen LogP contribution in [0.2, 0.25) is 0 Å².